The van der Waals surface area contributed by atoms with Gasteiger partial charge in [0.2, 0.25) is 11.2 Å². The van der Waals surface area contributed by atoms with Gasteiger partial charge in [0.25, 0.3) is 10.0 Å². The number of halogens is 2. The van der Waals surface area contributed by atoms with Crippen LogP contribution in [0.25, 0.3) is 0 Å². The average molecular weight is 364 g/mol. The van der Waals surface area contributed by atoms with Crippen LogP contribution in [0.1, 0.15) is 10.4 Å². The van der Waals surface area contributed by atoms with Crippen molar-refractivity contribution >= 4 is 45.0 Å². The number of benzene rings is 1. The van der Waals surface area contributed by atoms with Gasteiger partial charge >= 0.3 is 5.97 Å². The van der Waals surface area contributed by atoms with Gasteiger partial charge in [-0.3, -0.25) is 14.6 Å². The van der Waals surface area contributed by atoms with E-state index in [1.165, 1.54) is 0 Å². The van der Waals surface area contributed by atoms with Crippen LogP contribution in [0.3, 0.4) is 0 Å². The van der Waals surface area contributed by atoms with Crippen molar-refractivity contribution in [3.63, 3.8) is 0 Å². The number of aromatic nitrogens is 2. The molecule has 22 heavy (non-hydrogen) atoms. The highest BCUT2D eigenvalue weighted by molar-refractivity contribution is 7.92. The van der Waals surface area contributed by atoms with E-state index in [-0.39, 0.29) is 15.7 Å². The van der Waals surface area contributed by atoms with E-state index in [4.69, 9.17) is 28.3 Å². The van der Waals surface area contributed by atoms with Gasteiger partial charge in [0, 0.05) is 6.07 Å². The Bertz CT molecular complexity index is 910. The van der Waals surface area contributed by atoms with Crippen LogP contribution in [0.15, 0.2) is 34.0 Å². The maximum Gasteiger partial charge on any atom is 0.335 e. The molecule has 0 spiro atoms. The van der Waals surface area contributed by atoms with Gasteiger partial charge in [-0.2, -0.15) is 5.10 Å². The first-order chi connectivity index (χ1) is 10.2. The van der Waals surface area contributed by atoms with E-state index in [1.807, 2.05) is 4.72 Å². The average Bonchev–Trinajstić information content (AvgIpc) is 2.41. The molecular formula is C11H7Cl2N3O5S. The van der Waals surface area contributed by atoms with Crippen LogP contribution in [0.2, 0.25) is 10.2 Å². The van der Waals surface area contributed by atoms with Crippen LogP contribution in [0.5, 0.6) is 0 Å². The zero-order chi connectivity index (χ0) is 16.5. The summed E-state index contributed by atoms with van der Waals surface area (Å²) in [5.74, 6) is -1.75. The Morgan fingerprint density at radius 3 is 2.50 bits per heavy atom. The molecule has 8 nitrogen and oxygen atoms in total. The number of hydrogen-bond acceptors (Lipinski definition) is 5. The van der Waals surface area contributed by atoms with Crippen LogP contribution >= 0.6 is 23.2 Å². The van der Waals surface area contributed by atoms with Gasteiger partial charge in [0.1, 0.15) is 10.0 Å². The summed E-state index contributed by atoms with van der Waals surface area (Å²) < 4.78 is 26.3. The number of aromatic carboxylic acids is 1. The standard InChI is InChI=1S/C11H7Cl2N3O5S/c12-6-3-5(11(18)19)1-2-8(6)22(20,21)16-10-7(17)4-9(13)14-15-10/h1-4H,(H,14,17)(H,15,16)(H,18,19). The Balaban J connectivity index is 2.43. The van der Waals surface area contributed by atoms with Gasteiger partial charge in [-0.05, 0) is 18.2 Å². The predicted octanol–water partition coefficient (Wildman–Crippen LogP) is 1.58. The van der Waals surface area contributed by atoms with Crippen molar-refractivity contribution in [3.05, 3.63) is 50.2 Å². The van der Waals surface area contributed by atoms with E-state index >= 15 is 0 Å². The summed E-state index contributed by atoms with van der Waals surface area (Å²) in [5.41, 5.74) is -0.919. The number of carboxylic acid groups (broad SMARTS) is 1. The molecule has 0 saturated carbocycles. The Morgan fingerprint density at radius 1 is 1.27 bits per heavy atom. The third-order valence-electron chi connectivity index (χ3n) is 2.47. The number of anilines is 1. The molecule has 0 atom stereocenters. The fourth-order valence-corrected chi connectivity index (χ4v) is 3.19. The molecule has 2 rings (SSSR count). The minimum atomic E-state index is -4.22. The second kappa shape index (κ2) is 5.95. The lowest BCUT2D eigenvalue weighted by molar-refractivity contribution is 0.0696. The second-order valence-electron chi connectivity index (χ2n) is 3.98. The largest absolute Gasteiger partial charge is 0.478 e. The Morgan fingerprint density at radius 2 is 1.95 bits per heavy atom. The Hall–Kier alpha value is -2.10. The number of nitrogens with one attached hydrogen (secondary N) is 2. The molecule has 1 aromatic carbocycles. The number of aromatic amines is 1. The number of hydrogen-bond donors (Lipinski definition) is 3. The maximum atomic E-state index is 12.2. The van der Waals surface area contributed by atoms with Crippen molar-refractivity contribution in [3.8, 4) is 0 Å². The maximum absolute atomic E-state index is 12.2. The van der Waals surface area contributed by atoms with Gasteiger partial charge < -0.3 is 5.11 Å². The fraction of sp³-hybridized carbons (Fsp3) is 0. The molecule has 0 unspecified atom stereocenters. The normalized spacial score (nSPS) is 11.2. The second-order valence-corrected chi connectivity index (χ2v) is 6.45. The first-order valence-electron chi connectivity index (χ1n) is 5.51. The molecule has 0 radical (unpaired) electrons. The monoisotopic (exact) mass is 363 g/mol. The molecule has 0 aliphatic heterocycles. The fourth-order valence-electron chi connectivity index (χ4n) is 1.49. The zero-order valence-corrected chi connectivity index (χ0v) is 12.8. The number of rotatable bonds is 4. The molecule has 3 N–H and O–H groups in total. The van der Waals surface area contributed by atoms with Crippen LogP contribution in [-0.4, -0.2) is 29.7 Å². The molecule has 116 valence electrons. The van der Waals surface area contributed by atoms with E-state index < -0.39 is 32.1 Å². The van der Waals surface area contributed by atoms with Crippen LogP contribution in [0.4, 0.5) is 5.82 Å². The SMILES string of the molecule is O=C(O)c1ccc(S(=O)(=O)Nc2n[nH]c(Cl)cc2=O)c(Cl)c1. The third kappa shape index (κ3) is 3.38. The van der Waals surface area contributed by atoms with Crippen molar-refractivity contribution in [1.82, 2.24) is 10.2 Å². The summed E-state index contributed by atoms with van der Waals surface area (Å²) in [6.07, 6.45) is 0. The first kappa shape index (κ1) is 16.3. The highest BCUT2D eigenvalue weighted by atomic mass is 35.5. The number of H-pyrrole nitrogens is 1. The molecule has 0 aliphatic rings. The highest BCUT2D eigenvalue weighted by Crippen LogP contribution is 2.24. The Labute approximate surface area is 133 Å². The first-order valence-corrected chi connectivity index (χ1v) is 7.75. The topological polar surface area (TPSA) is 129 Å². The molecular weight excluding hydrogens is 357 g/mol. The highest BCUT2D eigenvalue weighted by Gasteiger charge is 2.21. The molecule has 2 aromatic rings. The number of carbonyl (C=O) groups is 1. The lowest BCUT2D eigenvalue weighted by atomic mass is 10.2. The van der Waals surface area contributed by atoms with Crippen LogP contribution in [0, 0.1) is 0 Å². The van der Waals surface area contributed by atoms with Gasteiger partial charge in [0.05, 0.1) is 10.6 Å². The van der Waals surface area contributed by atoms with Crippen molar-refractivity contribution in [1.29, 1.82) is 0 Å². The quantitative estimate of drug-likeness (QED) is 0.755. The van der Waals surface area contributed by atoms with Gasteiger partial charge in [-0.1, -0.05) is 23.2 Å². The van der Waals surface area contributed by atoms with E-state index in [9.17, 15) is 18.0 Å². The van der Waals surface area contributed by atoms with Crippen LogP contribution < -0.4 is 10.2 Å². The summed E-state index contributed by atoms with van der Waals surface area (Å²) in [6.45, 7) is 0. The molecule has 0 saturated heterocycles. The molecule has 11 heteroatoms. The summed E-state index contributed by atoms with van der Waals surface area (Å²) in [7, 11) is -4.22. The summed E-state index contributed by atoms with van der Waals surface area (Å²) >= 11 is 11.3. The number of carboxylic acids is 1. The minimum Gasteiger partial charge on any atom is -0.478 e. The lowest BCUT2D eigenvalue weighted by Gasteiger charge is -2.08. The molecule has 1 heterocycles. The predicted molar refractivity (Wildman–Crippen MR) is 79.1 cm³/mol. The molecule has 0 aliphatic carbocycles. The van der Waals surface area contributed by atoms with Crippen molar-refractivity contribution in [2.75, 3.05) is 4.72 Å². The van der Waals surface area contributed by atoms with E-state index in [1.54, 1.807) is 0 Å². The minimum absolute atomic E-state index is 0.0585. The third-order valence-corrected chi connectivity index (χ3v) is 4.48. The molecule has 0 fully saturated rings. The molecule has 0 bridgehead atoms. The smallest absolute Gasteiger partial charge is 0.335 e. The van der Waals surface area contributed by atoms with Crippen molar-refractivity contribution < 1.29 is 18.3 Å². The van der Waals surface area contributed by atoms with Crippen molar-refractivity contribution in [2.24, 2.45) is 0 Å². The molecule has 1 aromatic heterocycles. The van der Waals surface area contributed by atoms with Gasteiger partial charge in [0.15, 0.2) is 0 Å². The van der Waals surface area contributed by atoms with E-state index in [0.717, 1.165) is 24.3 Å². The van der Waals surface area contributed by atoms with Gasteiger partial charge in [-0.25, -0.2) is 13.2 Å². The van der Waals surface area contributed by atoms with E-state index in [0.29, 0.717) is 0 Å². The number of nitrogens with zero attached hydrogens (tertiary/aromatic N) is 1. The number of sulfonamides is 1. The summed E-state index contributed by atoms with van der Waals surface area (Å²) in [5, 5.41) is 14.1. The zero-order valence-electron chi connectivity index (χ0n) is 10.5. The lowest BCUT2D eigenvalue weighted by Crippen LogP contribution is -2.21. The summed E-state index contributed by atoms with van der Waals surface area (Å²) in [4.78, 5) is 22.0. The van der Waals surface area contributed by atoms with Crippen LogP contribution in [-0.2, 0) is 10.0 Å². The Kier molecular flexibility index (Phi) is 4.40. The van der Waals surface area contributed by atoms with Crippen molar-refractivity contribution in [2.45, 2.75) is 4.90 Å². The van der Waals surface area contributed by atoms with Gasteiger partial charge in [-0.15, -0.1) is 0 Å². The molecule has 0 amide bonds. The van der Waals surface area contributed by atoms with E-state index in [2.05, 4.69) is 10.2 Å². The summed E-state index contributed by atoms with van der Waals surface area (Å²) in [6, 6.07) is 4.01.